The van der Waals surface area contributed by atoms with E-state index >= 15 is 0 Å². The number of ether oxygens (including phenoxy) is 1. The van der Waals surface area contributed by atoms with Gasteiger partial charge in [0.05, 0.1) is 12.8 Å². The summed E-state index contributed by atoms with van der Waals surface area (Å²) >= 11 is 1.61. The van der Waals surface area contributed by atoms with Crippen molar-refractivity contribution in [2.45, 2.75) is 5.03 Å². The molecule has 2 N–H and O–H groups in total. The summed E-state index contributed by atoms with van der Waals surface area (Å²) in [6, 6.07) is 9.56. The van der Waals surface area contributed by atoms with E-state index in [-0.39, 0.29) is 0 Å². The first-order valence-electron chi connectivity index (χ1n) is 4.78. The second kappa shape index (κ2) is 4.49. The largest absolute Gasteiger partial charge is 0.497 e. The molecule has 0 unspecified atom stereocenters. The topological polar surface area (TPSA) is 53.1 Å². The quantitative estimate of drug-likeness (QED) is 0.828. The highest BCUT2D eigenvalue weighted by Gasteiger charge is 2.06. The van der Waals surface area contributed by atoms with Gasteiger partial charge in [0.2, 0.25) is 0 Å². The van der Waals surface area contributed by atoms with Crippen molar-refractivity contribution in [2.24, 2.45) is 0 Å². The fourth-order valence-corrected chi connectivity index (χ4v) is 1.99. The van der Waals surface area contributed by atoms with Gasteiger partial charge in [0.25, 0.3) is 0 Å². The van der Waals surface area contributed by atoms with Crippen molar-refractivity contribution in [3.8, 4) is 11.4 Å². The molecule has 0 aliphatic rings. The van der Waals surface area contributed by atoms with Crippen LogP contribution in [-0.2, 0) is 0 Å². The van der Waals surface area contributed by atoms with Gasteiger partial charge in [-0.2, -0.15) is 0 Å². The SMILES string of the molecule is COc1ccc(-n2nc(N)cc2SC)cc1. The molecule has 0 saturated carbocycles. The second-order valence-corrected chi connectivity index (χ2v) is 4.05. The van der Waals surface area contributed by atoms with E-state index in [1.807, 2.05) is 41.3 Å². The zero-order valence-corrected chi connectivity index (χ0v) is 9.99. The number of hydrogen-bond acceptors (Lipinski definition) is 4. The van der Waals surface area contributed by atoms with E-state index in [0.29, 0.717) is 5.82 Å². The van der Waals surface area contributed by atoms with Crippen LogP contribution in [0.1, 0.15) is 0 Å². The monoisotopic (exact) mass is 235 g/mol. The van der Waals surface area contributed by atoms with E-state index in [4.69, 9.17) is 10.5 Å². The number of nitrogen functional groups attached to an aromatic ring is 1. The lowest BCUT2D eigenvalue weighted by molar-refractivity contribution is 0.414. The molecule has 0 spiro atoms. The average Bonchev–Trinajstić information content (AvgIpc) is 2.70. The van der Waals surface area contributed by atoms with Gasteiger partial charge in [0.1, 0.15) is 16.6 Å². The molecule has 2 aromatic rings. The normalized spacial score (nSPS) is 10.4. The van der Waals surface area contributed by atoms with Crippen LogP contribution in [0.15, 0.2) is 35.4 Å². The summed E-state index contributed by atoms with van der Waals surface area (Å²) in [5.41, 5.74) is 6.65. The van der Waals surface area contributed by atoms with Crippen LogP contribution >= 0.6 is 11.8 Å². The Labute approximate surface area is 98.4 Å². The molecule has 2 rings (SSSR count). The maximum Gasteiger partial charge on any atom is 0.147 e. The fourth-order valence-electron chi connectivity index (χ4n) is 1.44. The number of rotatable bonds is 3. The molecule has 0 aliphatic heterocycles. The summed E-state index contributed by atoms with van der Waals surface area (Å²) in [6.07, 6.45) is 2.00. The number of hydrogen-bond donors (Lipinski definition) is 1. The van der Waals surface area contributed by atoms with E-state index in [1.54, 1.807) is 18.9 Å². The van der Waals surface area contributed by atoms with Crippen LogP contribution < -0.4 is 10.5 Å². The Bertz CT molecular complexity index is 478. The van der Waals surface area contributed by atoms with E-state index in [2.05, 4.69) is 5.10 Å². The Morgan fingerprint density at radius 2 is 2.00 bits per heavy atom. The molecule has 0 aliphatic carbocycles. The Morgan fingerprint density at radius 3 is 2.56 bits per heavy atom. The van der Waals surface area contributed by atoms with Gasteiger partial charge in [-0.05, 0) is 30.5 Å². The third-order valence-electron chi connectivity index (χ3n) is 2.22. The van der Waals surface area contributed by atoms with Gasteiger partial charge in [-0.25, -0.2) is 4.68 Å². The molecule has 5 heteroatoms. The molecule has 1 heterocycles. The van der Waals surface area contributed by atoms with Crippen molar-refractivity contribution in [1.82, 2.24) is 9.78 Å². The zero-order valence-electron chi connectivity index (χ0n) is 9.18. The highest BCUT2D eigenvalue weighted by molar-refractivity contribution is 7.98. The van der Waals surface area contributed by atoms with Crippen LogP contribution in [0.4, 0.5) is 5.82 Å². The van der Waals surface area contributed by atoms with Crippen molar-refractivity contribution in [1.29, 1.82) is 0 Å². The van der Waals surface area contributed by atoms with Gasteiger partial charge in [0.15, 0.2) is 0 Å². The third kappa shape index (κ3) is 1.99. The lowest BCUT2D eigenvalue weighted by Gasteiger charge is -2.06. The summed E-state index contributed by atoms with van der Waals surface area (Å²) in [6.45, 7) is 0. The minimum absolute atomic E-state index is 0.528. The number of thioether (sulfide) groups is 1. The van der Waals surface area contributed by atoms with E-state index in [1.165, 1.54) is 0 Å². The number of aromatic nitrogens is 2. The Balaban J connectivity index is 2.41. The lowest BCUT2D eigenvalue weighted by atomic mass is 10.3. The van der Waals surface area contributed by atoms with Crippen LogP contribution in [0.3, 0.4) is 0 Å². The smallest absolute Gasteiger partial charge is 0.147 e. The van der Waals surface area contributed by atoms with E-state index in [0.717, 1.165) is 16.5 Å². The van der Waals surface area contributed by atoms with Crippen LogP contribution in [0.5, 0.6) is 5.75 Å². The molecular formula is C11H13N3OS. The average molecular weight is 235 g/mol. The number of benzene rings is 1. The summed E-state index contributed by atoms with van der Waals surface area (Å²) in [4.78, 5) is 0. The second-order valence-electron chi connectivity index (χ2n) is 3.22. The maximum atomic E-state index is 5.68. The first kappa shape index (κ1) is 10.9. The first-order valence-corrected chi connectivity index (χ1v) is 6.01. The van der Waals surface area contributed by atoms with Gasteiger partial charge in [0, 0.05) is 6.07 Å². The molecule has 4 nitrogen and oxygen atoms in total. The molecule has 1 aromatic carbocycles. The maximum absolute atomic E-state index is 5.68. The highest BCUT2D eigenvalue weighted by atomic mass is 32.2. The molecule has 0 bridgehead atoms. The van der Waals surface area contributed by atoms with Gasteiger partial charge in [-0.3, -0.25) is 0 Å². The van der Waals surface area contributed by atoms with E-state index < -0.39 is 0 Å². The number of anilines is 1. The molecule has 0 fully saturated rings. The highest BCUT2D eigenvalue weighted by Crippen LogP contribution is 2.23. The summed E-state index contributed by atoms with van der Waals surface area (Å²) in [5.74, 6) is 1.36. The van der Waals surface area contributed by atoms with E-state index in [9.17, 15) is 0 Å². The number of nitrogens with two attached hydrogens (primary N) is 1. The molecule has 0 radical (unpaired) electrons. The van der Waals surface area contributed by atoms with Gasteiger partial charge in [-0.15, -0.1) is 16.9 Å². The van der Waals surface area contributed by atoms with Crippen LogP contribution in [0.2, 0.25) is 0 Å². The Hall–Kier alpha value is -1.62. The van der Waals surface area contributed by atoms with Crippen molar-refractivity contribution >= 4 is 17.6 Å². The standard InChI is InChI=1S/C11H13N3OS/c1-15-9-5-3-8(4-6-9)14-11(16-2)7-10(12)13-14/h3-7H,1-2H3,(H2,12,13). The minimum atomic E-state index is 0.528. The minimum Gasteiger partial charge on any atom is -0.497 e. The summed E-state index contributed by atoms with van der Waals surface area (Å²) in [7, 11) is 1.65. The van der Waals surface area contributed by atoms with Crippen molar-refractivity contribution in [3.05, 3.63) is 30.3 Å². The molecule has 0 saturated heterocycles. The van der Waals surface area contributed by atoms with Crippen molar-refractivity contribution in [2.75, 3.05) is 19.1 Å². The number of methoxy groups -OCH3 is 1. The molecule has 0 atom stereocenters. The van der Waals surface area contributed by atoms with Crippen molar-refractivity contribution < 1.29 is 4.74 Å². The Kier molecular flexibility index (Phi) is 3.05. The first-order chi connectivity index (χ1) is 7.74. The van der Waals surface area contributed by atoms with Crippen molar-refractivity contribution in [3.63, 3.8) is 0 Å². The number of nitrogens with zero attached hydrogens (tertiary/aromatic N) is 2. The molecular weight excluding hydrogens is 222 g/mol. The van der Waals surface area contributed by atoms with Crippen LogP contribution in [-0.4, -0.2) is 23.1 Å². The third-order valence-corrected chi connectivity index (χ3v) is 2.93. The van der Waals surface area contributed by atoms with Crippen LogP contribution in [0.25, 0.3) is 5.69 Å². The van der Waals surface area contributed by atoms with Gasteiger partial charge < -0.3 is 10.5 Å². The van der Waals surface area contributed by atoms with Gasteiger partial charge >= 0.3 is 0 Å². The molecule has 0 amide bonds. The fraction of sp³-hybridized carbons (Fsp3) is 0.182. The van der Waals surface area contributed by atoms with Gasteiger partial charge in [-0.1, -0.05) is 0 Å². The lowest BCUT2D eigenvalue weighted by Crippen LogP contribution is -1.98. The van der Waals surface area contributed by atoms with Crippen LogP contribution in [0, 0.1) is 0 Å². The summed E-state index contributed by atoms with van der Waals surface area (Å²) in [5, 5.41) is 5.26. The molecule has 16 heavy (non-hydrogen) atoms. The predicted octanol–water partition coefficient (Wildman–Crippen LogP) is 2.19. The predicted molar refractivity (Wildman–Crippen MR) is 66.3 cm³/mol. The summed E-state index contributed by atoms with van der Waals surface area (Å²) < 4.78 is 6.93. The molecule has 84 valence electrons. The zero-order chi connectivity index (χ0) is 11.5. The Morgan fingerprint density at radius 1 is 1.31 bits per heavy atom. The molecule has 1 aromatic heterocycles.